The molecule has 4 heteroatoms. The molecule has 1 saturated heterocycles. The largest absolute Gasteiger partial charge is 0.378 e. The van der Waals surface area contributed by atoms with E-state index >= 15 is 0 Å². The van der Waals surface area contributed by atoms with Gasteiger partial charge in [0.25, 0.3) is 5.91 Å². The number of benzene rings is 1. The number of carbonyl (C=O) groups is 1. The van der Waals surface area contributed by atoms with Gasteiger partial charge in [0.2, 0.25) is 0 Å². The van der Waals surface area contributed by atoms with Gasteiger partial charge in [-0.3, -0.25) is 4.79 Å². The maximum absolute atomic E-state index is 12.2. The van der Waals surface area contributed by atoms with Gasteiger partial charge in [-0.2, -0.15) is 0 Å². The number of hydrogen-bond acceptors (Lipinski definition) is 3. The molecule has 1 unspecified atom stereocenters. The number of amides is 1. The van der Waals surface area contributed by atoms with E-state index in [0.717, 1.165) is 13.1 Å². The van der Waals surface area contributed by atoms with E-state index < -0.39 is 6.10 Å². The van der Waals surface area contributed by atoms with Crippen molar-refractivity contribution in [2.75, 3.05) is 26.2 Å². The fourth-order valence-electron chi connectivity index (χ4n) is 2.37. The van der Waals surface area contributed by atoms with Crippen LogP contribution in [0.5, 0.6) is 0 Å². The lowest BCUT2D eigenvalue weighted by atomic mass is 9.86. The summed E-state index contributed by atoms with van der Waals surface area (Å²) in [5, 5.41) is 13.4. The van der Waals surface area contributed by atoms with Crippen LogP contribution in [0.4, 0.5) is 0 Å². The summed E-state index contributed by atoms with van der Waals surface area (Å²) in [6, 6.07) is 7.68. The molecule has 1 amide bonds. The molecule has 4 nitrogen and oxygen atoms in total. The molecule has 1 aliphatic heterocycles. The van der Waals surface area contributed by atoms with Crippen LogP contribution in [0.15, 0.2) is 24.3 Å². The summed E-state index contributed by atoms with van der Waals surface area (Å²) in [6.07, 6.45) is -1.05. The lowest BCUT2D eigenvalue weighted by Gasteiger charge is -2.29. The molecule has 1 heterocycles. The molecule has 1 aromatic carbocycles. The van der Waals surface area contributed by atoms with E-state index in [-0.39, 0.29) is 11.3 Å². The third kappa shape index (κ3) is 3.38. The van der Waals surface area contributed by atoms with Crippen LogP contribution in [0.2, 0.25) is 0 Å². The number of piperazine rings is 1. The quantitative estimate of drug-likeness (QED) is 0.859. The lowest BCUT2D eigenvalue weighted by molar-refractivity contribution is -0.141. The first-order valence-electron chi connectivity index (χ1n) is 7.17. The molecule has 0 aromatic heterocycles. The Hall–Kier alpha value is -1.39. The first-order valence-corrected chi connectivity index (χ1v) is 7.17. The molecular formula is C16H24N2O2. The van der Waals surface area contributed by atoms with Gasteiger partial charge in [-0.15, -0.1) is 0 Å². The van der Waals surface area contributed by atoms with Crippen LogP contribution in [-0.4, -0.2) is 42.1 Å². The van der Waals surface area contributed by atoms with Crippen LogP contribution >= 0.6 is 0 Å². The van der Waals surface area contributed by atoms with Gasteiger partial charge < -0.3 is 15.3 Å². The third-order valence-electron chi connectivity index (χ3n) is 3.76. The van der Waals surface area contributed by atoms with Gasteiger partial charge in [0, 0.05) is 26.2 Å². The van der Waals surface area contributed by atoms with Crippen molar-refractivity contribution in [2.45, 2.75) is 32.3 Å². The molecule has 110 valence electrons. The molecule has 20 heavy (non-hydrogen) atoms. The van der Waals surface area contributed by atoms with Gasteiger partial charge >= 0.3 is 0 Å². The van der Waals surface area contributed by atoms with Crippen LogP contribution < -0.4 is 5.32 Å². The fraction of sp³-hybridized carbons (Fsp3) is 0.562. The Morgan fingerprint density at radius 3 is 2.25 bits per heavy atom. The van der Waals surface area contributed by atoms with Crippen LogP contribution in [0.1, 0.15) is 38.0 Å². The summed E-state index contributed by atoms with van der Waals surface area (Å²) >= 11 is 0. The Morgan fingerprint density at radius 2 is 1.75 bits per heavy atom. The third-order valence-corrected chi connectivity index (χ3v) is 3.76. The van der Waals surface area contributed by atoms with Crippen LogP contribution in [0.25, 0.3) is 0 Å². The number of aliphatic hydroxyl groups excluding tert-OH is 1. The molecule has 1 atom stereocenters. The summed E-state index contributed by atoms with van der Waals surface area (Å²) in [5.74, 6) is -0.199. The van der Waals surface area contributed by atoms with Crippen molar-refractivity contribution in [2.24, 2.45) is 0 Å². The molecule has 0 bridgehead atoms. The van der Waals surface area contributed by atoms with Gasteiger partial charge in [-0.05, 0) is 16.5 Å². The van der Waals surface area contributed by atoms with E-state index in [1.165, 1.54) is 5.56 Å². The maximum atomic E-state index is 12.2. The molecule has 0 saturated carbocycles. The molecule has 0 aliphatic carbocycles. The van der Waals surface area contributed by atoms with Crippen molar-refractivity contribution < 1.29 is 9.90 Å². The number of hydrogen-bond donors (Lipinski definition) is 2. The first kappa shape index (κ1) is 15.0. The highest BCUT2D eigenvalue weighted by molar-refractivity contribution is 5.82. The van der Waals surface area contributed by atoms with Crippen LogP contribution in [0, 0.1) is 0 Å². The minimum atomic E-state index is -1.05. The second kappa shape index (κ2) is 5.94. The average Bonchev–Trinajstić information content (AvgIpc) is 2.46. The van der Waals surface area contributed by atoms with E-state index in [9.17, 15) is 9.90 Å². The van der Waals surface area contributed by atoms with Gasteiger partial charge in [-0.1, -0.05) is 45.0 Å². The van der Waals surface area contributed by atoms with E-state index in [4.69, 9.17) is 0 Å². The van der Waals surface area contributed by atoms with Crippen molar-refractivity contribution in [1.29, 1.82) is 0 Å². The molecular weight excluding hydrogens is 252 g/mol. The highest BCUT2D eigenvalue weighted by atomic mass is 16.3. The van der Waals surface area contributed by atoms with Crippen molar-refractivity contribution in [1.82, 2.24) is 10.2 Å². The molecule has 1 aromatic rings. The highest BCUT2D eigenvalue weighted by Crippen LogP contribution is 2.24. The summed E-state index contributed by atoms with van der Waals surface area (Å²) in [6.45, 7) is 9.34. The van der Waals surface area contributed by atoms with Gasteiger partial charge in [0.15, 0.2) is 6.10 Å². The summed E-state index contributed by atoms with van der Waals surface area (Å²) < 4.78 is 0. The topological polar surface area (TPSA) is 52.6 Å². The van der Waals surface area contributed by atoms with Crippen molar-refractivity contribution in [3.05, 3.63) is 35.4 Å². The number of aliphatic hydroxyl groups is 1. The van der Waals surface area contributed by atoms with Crippen molar-refractivity contribution >= 4 is 5.91 Å². The summed E-state index contributed by atoms with van der Waals surface area (Å²) in [4.78, 5) is 13.9. The van der Waals surface area contributed by atoms with Crippen LogP contribution in [-0.2, 0) is 10.2 Å². The molecule has 2 rings (SSSR count). The highest BCUT2D eigenvalue weighted by Gasteiger charge is 2.25. The first-order chi connectivity index (χ1) is 9.39. The second-order valence-electron chi connectivity index (χ2n) is 6.35. The fourth-order valence-corrected chi connectivity index (χ4v) is 2.37. The predicted octanol–water partition coefficient (Wildman–Crippen LogP) is 1.45. The smallest absolute Gasteiger partial charge is 0.256 e. The number of nitrogens with zero attached hydrogens (tertiary/aromatic N) is 1. The monoisotopic (exact) mass is 276 g/mol. The van der Waals surface area contributed by atoms with E-state index in [2.05, 4.69) is 26.1 Å². The Labute approximate surface area is 120 Å². The molecule has 1 aliphatic rings. The zero-order valence-electron chi connectivity index (χ0n) is 12.5. The second-order valence-corrected chi connectivity index (χ2v) is 6.35. The van der Waals surface area contributed by atoms with Crippen LogP contribution in [0.3, 0.4) is 0 Å². The van der Waals surface area contributed by atoms with E-state index in [0.29, 0.717) is 18.7 Å². The minimum absolute atomic E-state index is 0.0754. The SMILES string of the molecule is CC(C)(C)c1ccc(C(O)C(=O)N2CCNCC2)cc1. The van der Waals surface area contributed by atoms with Gasteiger partial charge in [0.05, 0.1) is 0 Å². The number of carbonyl (C=O) groups excluding carboxylic acids is 1. The Balaban J connectivity index is 2.08. The lowest BCUT2D eigenvalue weighted by Crippen LogP contribution is -2.48. The predicted molar refractivity (Wildman–Crippen MR) is 79.6 cm³/mol. The maximum Gasteiger partial charge on any atom is 0.256 e. The zero-order valence-corrected chi connectivity index (χ0v) is 12.5. The summed E-state index contributed by atoms with van der Waals surface area (Å²) in [5.41, 5.74) is 1.94. The van der Waals surface area contributed by atoms with Crippen molar-refractivity contribution in [3.63, 3.8) is 0 Å². The standard InChI is InChI=1S/C16H24N2O2/c1-16(2,3)13-6-4-12(5-7-13)14(19)15(20)18-10-8-17-9-11-18/h4-7,14,17,19H,8-11H2,1-3H3. The molecule has 1 fully saturated rings. The number of nitrogens with one attached hydrogen (secondary N) is 1. The Bertz CT molecular complexity index is 456. The van der Waals surface area contributed by atoms with E-state index in [1.54, 1.807) is 4.90 Å². The molecule has 0 radical (unpaired) electrons. The zero-order chi connectivity index (χ0) is 14.8. The average molecular weight is 276 g/mol. The Kier molecular flexibility index (Phi) is 4.45. The molecule has 0 spiro atoms. The molecule has 2 N–H and O–H groups in total. The van der Waals surface area contributed by atoms with Gasteiger partial charge in [0.1, 0.15) is 0 Å². The van der Waals surface area contributed by atoms with Crippen molar-refractivity contribution in [3.8, 4) is 0 Å². The normalized spacial score (nSPS) is 17.9. The van der Waals surface area contributed by atoms with Gasteiger partial charge in [-0.25, -0.2) is 0 Å². The number of rotatable bonds is 2. The van der Waals surface area contributed by atoms with E-state index in [1.807, 2.05) is 24.3 Å². The minimum Gasteiger partial charge on any atom is -0.378 e. The summed E-state index contributed by atoms with van der Waals surface area (Å²) in [7, 11) is 0. The Morgan fingerprint density at radius 1 is 1.20 bits per heavy atom.